The molecule has 0 aliphatic heterocycles. The Morgan fingerprint density at radius 1 is 0.690 bits per heavy atom. The minimum absolute atomic E-state index is 0.234. The highest BCUT2D eigenvalue weighted by Gasteiger charge is 2.42. The number of hydrogen-bond donors (Lipinski definition) is 1. The quantitative estimate of drug-likeness (QED) is 0.147. The zero-order valence-corrected chi connectivity index (χ0v) is 23.3. The van der Waals surface area contributed by atoms with Crippen LogP contribution in [0.25, 0.3) is 11.1 Å². The van der Waals surface area contributed by atoms with Gasteiger partial charge in [-0.2, -0.15) is 8.42 Å². The number of carbonyl (C=O) groups is 1. The molecular formula is C27H19N3O10S2. The molecule has 214 valence electrons. The number of aryl methyl sites for hydroxylation is 2. The molecule has 13 nitrogen and oxygen atoms in total. The molecule has 1 aliphatic rings. The smallest absolute Gasteiger partial charge is 0.289 e. The van der Waals surface area contributed by atoms with Crippen molar-refractivity contribution in [2.24, 2.45) is 0 Å². The van der Waals surface area contributed by atoms with Crippen LogP contribution in [-0.2, 0) is 20.1 Å². The molecule has 0 bridgehead atoms. The number of benzene rings is 4. The molecule has 15 heteroatoms. The maximum Gasteiger partial charge on any atom is 0.294 e. The van der Waals surface area contributed by atoms with Crippen molar-refractivity contribution >= 4 is 48.7 Å². The van der Waals surface area contributed by atoms with Gasteiger partial charge in [0.05, 0.1) is 37.2 Å². The lowest BCUT2D eigenvalue weighted by molar-refractivity contribution is -0.386. The first-order valence-corrected chi connectivity index (χ1v) is 14.9. The second kappa shape index (κ2) is 9.83. The fraction of sp³-hybridized carbons (Fsp3) is 0.0741. The second-order valence-corrected chi connectivity index (χ2v) is 12.6. The molecule has 1 N–H and O–H groups in total. The SMILES string of the molecule is Cc1ccccc1N(c1ccccc1C)S(=O)(=O)c1cc2c(c([N+](=O)[O-])c1)-c1c(cc(S(=O)(=O)O)cc1[N+](=O)[O-])C2=O. The topological polar surface area (TPSA) is 195 Å². The summed E-state index contributed by atoms with van der Waals surface area (Å²) in [4.78, 5) is 34.0. The number of ketones is 1. The number of rotatable bonds is 7. The molecule has 0 saturated carbocycles. The van der Waals surface area contributed by atoms with E-state index < -0.39 is 79.2 Å². The lowest BCUT2D eigenvalue weighted by Crippen LogP contribution is -2.28. The van der Waals surface area contributed by atoms with Crippen LogP contribution in [0.3, 0.4) is 0 Å². The van der Waals surface area contributed by atoms with E-state index >= 15 is 0 Å². The van der Waals surface area contributed by atoms with Crippen LogP contribution < -0.4 is 4.31 Å². The van der Waals surface area contributed by atoms with Crippen LogP contribution >= 0.6 is 0 Å². The van der Waals surface area contributed by atoms with Gasteiger partial charge in [-0.3, -0.25) is 29.6 Å². The number of nitro benzene ring substituents is 2. The van der Waals surface area contributed by atoms with Gasteiger partial charge in [0.15, 0.2) is 5.78 Å². The number of hydrogen-bond acceptors (Lipinski definition) is 9. The van der Waals surface area contributed by atoms with Gasteiger partial charge < -0.3 is 0 Å². The Hall–Kier alpha value is -4.99. The molecular weight excluding hydrogens is 590 g/mol. The van der Waals surface area contributed by atoms with Crippen molar-refractivity contribution in [2.75, 3.05) is 4.31 Å². The van der Waals surface area contributed by atoms with Gasteiger partial charge in [0.1, 0.15) is 4.90 Å². The lowest BCUT2D eigenvalue weighted by Gasteiger charge is -2.27. The highest BCUT2D eigenvalue weighted by Crippen LogP contribution is 2.49. The zero-order valence-electron chi connectivity index (χ0n) is 21.7. The summed E-state index contributed by atoms with van der Waals surface area (Å²) in [6.45, 7) is 3.35. The van der Waals surface area contributed by atoms with Crippen molar-refractivity contribution in [3.8, 4) is 11.1 Å². The summed E-state index contributed by atoms with van der Waals surface area (Å²) in [5, 5.41) is 24.1. The molecule has 0 heterocycles. The van der Waals surface area contributed by atoms with E-state index in [-0.39, 0.29) is 11.4 Å². The van der Waals surface area contributed by atoms with Crippen molar-refractivity contribution in [1.29, 1.82) is 0 Å². The molecule has 4 aromatic carbocycles. The van der Waals surface area contributed by atoms with Crippen LogP contribution in [0.4, 0.5) is 22.7 Å². The van der Waals surface area contributed by atoms with E-state index in [1.165, 1.54) is 0 Å². The van der Waals surface area contributed by atoms with Gasteiger partial charge in [-0.25, -0.2) is 12.7 Å². The van der Waals surface area contributed by atoms with Crippen molar-refractivity contribution in [2.45, 2.75) is 23.6 Å². The fourth-order valence-corrected chi connectivity index (χ4v) is 7.09. The number of sulfonamides is 1. The van der Waals surface area contributed by atoms with Crippen molar-refractivity contribution < 1.29 is 36.0 Å². The molecule has 5 rings (SSSR count). The predicted octanol–water partition coefficient (Wildman–Crippen LogP) is 5.10. The molecule has 42 heavy (non-hydrogen) atoms. The van der Waals surface area contributed by atoms with E-state index in [2.05, 4.69) is 0 Å². The first-order valence-electron chi connectivity index (χ1n) is 12.0. The summed E-state index contributed by atoms with van der Waals surface area (Å²) >= 11 is 0. The van der Waals surface area contributed by atoms with Gasteiger partial charge in [0, 0.05) is 23.3 Å². The highest BCUT2D eigenvalue weighted by atomic mass is 32.2. The van der Waals surface area contributed by atoms with E-state index in [4.69, 9.17) is 0 Å². The molecule has 0 unspecified atom stereocenters. The number of carbonyl (C=O) groups excluding carboxylic acids is 1. The Morgan fingerprint density at radius 2 is 1.10 bits per heavy atom. The van der Waals surface area contributed by atoms with Crippen LogP contribution in [0.5, 0.6) is 0 Å². The van der Waals surface area contributed by atoms with E-state index in [0.717, 1.165) is 10.4 Å². The summed E-state index contributed by atoms with van der Waals surface area (Å²) in [5.74, 6) is -1.09. The van der Waals surface area contributed by atoms with Crippen molar-refractivity contribution in [3.05, 3.63) is 115 Å². The van der Waals surface area contributed by atoms with Crippen LogP contribution in [0, 0.1) is 34.1 Å². The average molecular weight is 610 g/mol. The number of nitrogens with zero attached hydrogens (tertiary/aromatic N) is 3. The average Bonchev–Trinajstić information content (AvgIpc) is 3.21. The maximum absolute atomic E-state index is 14.3. The molecule has 0 saturated heterocycles. The number of para-hydroxylation sites is 2. The summed E-state index contributed by atoms with van der Waals surface area (Å²) in [6, 6.07) is 15.8. The minimum Gasteiger partial charge on any atom is -0.289 e. The molecule has 0 spiro atoms. The predicted molar refractivity (Wildman–Crippen MR) is 150 cm³/mol. The van der Waals surface area contributed by atoms with Gasteiger partial charge >= 0.3 is 0 Å². The Labute approximate surface area is 238 Å². The Bertz CT molecular complexity index is 2050. The Balaban J connectivity index is 1.83. The normalized spacial score (nSPS) is 12.5. The highest BCUT2D eigenvalue weighted by molar-refractivity contribution is 7.93. The third-order valence-corrected chi connectivity index (χ3v) is 9.36. The minimum atomic E-state index is -5.02. The van der Waals surface area contributed by atoms with Gasteiger partial charge in [-0.1, -0.05) is 36.4 Å². The number of fused-ring (bicyclic) bond motifs is 3. The first-order chi connectivity index (χ1) is 19.6. The summed E-state index contributed by atoms with van der Waals surface area (Å²) in [5.41, 5.74) is -2.60. The second-order valence-electron chi connectivity index (χ2n) is 9.39. The largest absolute Gasteiger partial charge is 0.294 e. The Kier molecular flexibility index (Phi) is 6.68. The monoisotopic (exact) mass is 609 g/mol. The lowest BCUT2D eigenvalue weighted by atomic mass is 10.0. The van der Waals surface area contributed by atoms with E-state index in [1.54, 1.807) is 62.4 Å². The van der Waals surface area contributed by atoms with Crippen LogP contribution in [-0.4, -0.2) is 37.0 Å². The molecule has 0 atom stereocenters. The summed E-state index contributed by atoms with van der Waals surface area (Å²) < 4.78 is 62.7. The number of nitro groups is 2. The fourth-order valence-electron chi connectivity index (χ4n) is 4.89. The molecule has 0 amide bonds. The Morgan fingerprint density at radius 3 is 1.50 bits per heavy atom. The van der Waals surface area contributed by atoms with Gasteiger partial charge in [0.25, 0.3) is 31.5 Å². The summed E-state index contributed by atoms with van der Waals surface area (Å²) in [6.07, 6.45) is 0. The van der Waals surface area contributed by atoms with Crippen LogP contribution in [0.15, 0.2) is 82.6 Å². The molecule has 1 aliphatic carbocycles. The summed E-state index contributed by atoms with van der Waals surface area (Å²) in [7, 11) is -9.71. The van der Waals surface area contributed by atoms with E-state index in [9.17, 15) is 46.4 Å². The van der Waals surface area contributed by atoms with Crippen LogP contribution in [0.2, 0.25) is 0 Å². The first kappa shape index (κ1) is 28.5. The van der Waals surface area contributed by atoms with E-state index in [1.807, 2.05) is 0 Å². The van der Waals surface area contributed by atoms with Gasteiger partial charge in [-0.05, 0) is 49.2 Å². The standard InChI is InChI=1S/C27H19N3O10S2/c1-15-7-3-5-9-21(15)28(22-10-6-4-8-16(22)2)41(36,37)17-11-19-25(23(13-17)29(32)33)26-20(27(19)31)12-18(42(38,39)40)14-24(26)30(34)35/h3-14H,1-2H3,(H,38,39,40). The van der Waals surface area contributed by atoms with Crippen molar-refractivity contribution in [1.82, 2.24) is 0 Å². The molecule has 0 aromatic heterocycles. The van der Waals surface area contributed by atoms with Crippen molar-refractivity contribution in [3.63, 3.8) is 0 Å². The molecule has 0 radical (unpaired) electrons. The third-order valence-electron chi connectivity index (χ3n) is 6.82. The van der Waals surface area contributed by atoms with E-state index in [0.29, 0.717) is 29.3 Å². The van der Waals surface area contributed by atoms with Gasteiger partial charge in [-0.15, -0.1) is 0 Å². The molecule has 0 fully saturated rings. The molecule has 4 aromatic rings. The van der Waals surface area contributed by atoms with Crippen LogP contribution in [0.1, 0.15) is 27.0 Å². The van der Waals surface area contributed by atoms with Gasteiger partial charge in [0.2, 0.25) is 0 Å². The zero-order chi connectivity index (χ0) is 30.7. The number of anilines is 2. The third kappa shape index (κ3) is 4.49. The maximum atomic E-state index is 14.3.